The highest BCUT2D eigenvalue weighted by atomic mass is 28.3. The Labute approximate surface area is 95.0 Å². The zero-order valence-electron chi connectivity index (χ0n) is 8.78. The molecule has 2 aliphatic rings. The summed E-state index contributed by atoms with van der Waals surface area (Å²) in [5, 5.41) is 2.71. The normalized spacial score (nSPS) is 13.6. The lowest BCUT2D eigenvalue weighted by atomic mass is 10.4. The molecule has 0 amide bonds. The third-order valence-electron chi connectivity index (χ3n) is 3.11. The third-order valence-corrected chi connectivity index (χ3v) is 5.51. The van der Waals surface area contributed by atoms with Crippen molar-refractivity contribution in [3.8, 4) is 23.0 Å². The van der Waals surface area contributed by atoms with Crippen molar-refractivity contribution in [2.24, 2.45) is 0 Å². The minimum atomic E-state index is -0.751. The Morgan fingerprint density at radius 1 is 0.812 bits per heavy atom. The Hall–Kier alpha value is -1.74. The molecule has 0 spiro atoms. The second-order valence-electron chi connectivity index (χ2n) is 4.09. The fourth-order valence-corrected chi connectivity index (χ4v) is 4.13. The van der Waals surface area contributed by atoms with Crippen LogP contribution < -0.4 is 19.8 Å². The molecule has 0 atom stereocenters. The Bertz CT molecular complexity index is 553. The van der Waals surface area contributed by atoms with Gasteiger partial charge in [-0.3, -0.25) is 0 Å². The maximum absolute atomic E-state index is 5.45. The van der Waals surface area contributed by atoms with Crippen LogP contribution in [0, 0.1) is 0 Å². The van der Waals surface area contributed by atoms with Crippen LogP contribution in [0.25, 0.3) is 0 Å². The second-order valence-corrected chi connectivity index (χ2v) is 6.42. The van der Waals surface area contributed by atoms with Crippen LogP contribution in [0.1, 0.15) is 0 Å². The van der Waals surface area contributed by atoms with Crippen molar-refractivity contribution >= 4 is 19.2 Å². The summed E-state index contributed by atoms with van der Waals surface area (Å²) in [6.45, 7) is 2.29. The van der Waals surface area contributed by atoms with E-state index in [1.54, 1.807) is 0 Å². The zero-order chi connectivity index (χ0) is 10.7. The number of hydrogen-bond acceptors (Lipinski definition) is 2. The molecule has 0 bridgehead atoms. The second kappa shape index (κ2) is 2.68. The Morgan fingerprint density at radius 3 is 1.81 bits per heavy atom. The maximum atomic E-state index is 5.45. The number of benzene rings is 2. The van der Waals surface area contributed by atoms with Crippen LogP contribution in [0.15, 0.2) is 36.4 Å². The van der Waals surface area contributed by atoms with E-state index in [1.165, 1.54) is 10.4 Å². The van der Waals surface area contributed by atoms with E-state index >= 15 is 0 Å². The number of ether oxygens (including phenoxy) is 2. The first-order valence-corrected chi connectivity index (χ1v) is 7.30. The lowest BCUT2D eigenvalue weighted by molar-refractivity contribution is 0.651. The molecule has 3 heteroatoms. The lowest BCUT2D eigenvalue weighted by Crippen LogP contribution is -2.37. The van der Waals surface area contributed by atoms with Gasteiger partial charge in [-0.15, -0.1) is 0 Å². The van der Waals surface area contributed by atoms with E-state index in [0.717, 1.165) is 23.0 Å². The average molecular weight is 225 g/mol. The number of para-hydroxylation sites is 2. The van der Waals surface area contributed by atoms with Crippen molar-refractivity contribution in [3.63, 3.8) is 0 Å². The standard InChI is InChI=1S/C13H9O2Si/c1-16(10-6-2-4-8-12(10)14-8)11-7-3-5-9-13(11)15-9/h2-7H,1H3. The van der Waals surface area contributed by atoms with E-state index in [0.29, 0.717) is 0 Å². The summed E-state index contributed by atoms with van der Waals surface area (Å²) in [4.78, 5) is 0. The van der Waals surface area contributed by atoms with Gasteiger partial charge in [-0.05, 0) is 22.5 Å². The smallest absolute Gasteiger partial charge is 0.170 e. The number of fused-ring (bicyclic) bond motifs is 2. The first kappa shape index (κ1) is 8.41. The predicted molar refractivity (Wildman–Crippen MR) is 63.9 cm³/mol. The Kier molecular flexibility index (Phi) is 1.41. The van der Waals surface area contributed by atoms with Gasteiger partial charge >= 0.3 is 0 Å². The van der Waals surface area contributed by atoms with Gasteiger partial charge in [-0.2, -0.15) is 0 Å². The van der Waals surface area contributed by atoms with E-state index in [4.69, 9.17) is 9.47 Å². The fourth-order valence-electron chi connectivity index (χ4n) is 2.11. The molecule has 2 aliphatic heterocycles. The SMILES string of the molecule is C[Si](c1cccc2c1O2)c1cccc2c1O2. The molecule has 16 heavy (non-hydrogen) atoms. The van der Waals surface area contributed by atoms with E-state index in [1.807, 2.05) is 12.1 Å². The summed E-state index contributed by atoms with van der Waals surface area (Å²) in [7, 11) is -0.751. The Balaban J connectivity index is 1.81. The first-order valence-electron chi connectivity index (χ1n) is 5.30. The maximum Gasteiger partial charge on any atom is 0.170 e. The highest BCUT2D eigenvalue weighted by molar-refractivity contribution is 6.85. The van der Waals surface area contributed by atoms with E-state index in [-0.39, 0.29) is 0 Å². The summed E-state index contributed by atoms with van der Waals surface area (Å²) in [5.74, 6) is 4.27. The van der Waals surface area contributed by atoms with Gasteiger partial charge in [0.2, 0.25) is 0 Å². The van der Waals surface area contributed by atoms with Crippen molar-refractivity contribution in [2.75, 3.05) is 0 Å². The average Bonchev–Trinajstić information content (AvgIpc) is 3.17. The van der Waals surface area contributed by atoms with Crippen LogP contribution in [-0.4, -0.2) is 8.80 Å². The van der Waals surface area contributed by atoms with Crippen molar-refractivity contribution in [1.82, 2.24) is 0 Å². The van der Waals surface area contributed by atoms with Gasteiger partial charge in [0.05, 0.1) is 0 Å². The van der Waals surface area contributed by atoms with Crippen LogP contribution in [0.4, 0.5) is 0 Å². The minimum absolute atomic E-state index is 0.751. The van der Waals surface area contributed by atoms with Gasteiger partial charge in [0, 0.05) is 0 Å². The quantitative estimate of drug-likeness (QED) is 0.386. The summed E-state index contributed by atoms with van der Waals surface area (Å²) in [5.41, 5.74) is 0. The number of hydrogen-bond donors (Lipinski definition) is 0. The molecule has 0 N–H and O–H groups in total. The van der Waals surface area contributed by atoms with Crippen molar-refractivity contribution < 1.29 is 9.47 Å². The molecule has 0 aliphatic carbocycles. The summed E-state index contributed by atoms with van der Waals surface area (Å²) >= 11 is 0. The van der Waals surface area contributed by atoms with Crippen LogP contribution in [0.2, 0.25) is 6.55 Å². The molecule has 0 fully saturated rings. The van der Waals surface area contributed by atoms with Crippen molar-refractivity contribution in [2.45, 2.75) is 6.55 Å². The predicted octanol–water partition coefficient (Wildman–Crippen LogP) is 2.14. The van der Waals surface area contributed by atoms with Crippen LogP contribution in [-0.2, 0) is 0 Å². The van der Waals surface area contributed by atoms with Crippen LogP contribution in [0.3, 0.4) is 0 Å². The van der Waals surface area contributed by atoms with Crippen LogP contribution >= 0.6 is 0 Å². The first-order chi connectivity index (χ1) is 7.84. The molecule has 0 aromatic heterocycles. The molecule has 77 valence electrons. The summed E-state index contributed by atoms with van der Waals surface area (Å²) in [6.07, 6.45) is 0. The van der Waals surface area contributed by atoms with Gasteiger partial charge in [-0.25, -0.2) is 0 Å². The molecule has 2 aromatic carbocycles. The van der Waals surface area contributed by atoms with E-state index in [9.17, 15) is 0 Å². The minimum Gasteiger partial charge on any atom is -0.450 e. The van der Waals surface area contributed by atoms with Gasteiger partial charge in [-0.1, -0.05) is 30.8 Å². The van der Waals surface area contributed by atoms with E-state index in [2.05, 4.69) is 30.8 Å². The molecular weight excluding hydrogens is 216 g/mol. The molecule has 1 radical (unpaired) electrons. The van der Waals surface area contributed by atoms with Gasteiger partial charge < -0.3 is 9.47 Å². The summed E-state index contributed by atoms with van der Waals surface area (Å²) in [6, 6.07) is 12.5. The molecule has 2 nitrogen and oxygen atoms in total. The highest BCUT2D eigenvalue weighted by Crippen LogP contribution is 2.45. The fraction of sp³-hybridized carbons (Fsp3) is 0.0769. The molecule has 0 saturated carbocycles. The zero-order valence-corrected chi connectivity index (χ0v) is 9.78. The monoisotopic (exact) mass is 225 g/mol. The Morgan fingerprint density at radius 2 is 1.31 bits per heavy atom. The number of rotatable bonds is 2. The molecule has 0 saturated heterocycles. The van der Waals surface area contributed by atoms with Gasteiger partial charge in [0.1, 0.15) is 8.80 Å². The van der Waals surface area contributed by atoms with Crippen molar-refractivity contribution in [1.29, 1.82) is 0 Å². The lowest BCUT2D eigenvalue weighted by Gasteiger charge is -2.06. The molecule has 0 unspecified atom stereocenters. The summed E-state index contributed by atoms with van der Waals surface area (Å²) < 4.78 is 10.9. The largest absolute Gasteiger partial charge is 0.450 e. The van der Waals surface area contributed by atoms with E-state index < -0.39 is 8.80 Å². The van der Waals surface area contributed by atoms with Gasteiger partial charge in [0.25, 0.3) is 0 Å². The molecular formula is C13H9O2Si. The van der Waals surface area contributed by atoms with Crippen LogP contribution in [0.5, 0.6) is 23.0 Å². The molecule has 2 heterocycles. The third kappa shape index (κ3) is 1.06. The van der Waals surface area contributed by atoms with Crippen molar-refractivity contribution in [3.05, 3.63) is 36.4 Å². The molecule has 4 rings (SSSR count). The topological polar surface area (TPSA) is 25.1 Å². The molecule has 2 aromatic rings. The highest BCUT2D eigenvalue weighted by Gasteiger charge is 2.33. The van der Waals surface area contributed by atoms with Gasteiger partial charge in [0.15, 0.2) is 23.0 Å².